The third-order valence-corrected chi connectivity index (χ3v) is 8.61. The first-order chi connectivity index (χ1) is 23.0. The minimum atomic E-state index is -1.79. The Morgan fingerprint density at radius 3 is 2.46 bits per heavy atom. The molecule has 0 unspecified atom stereocenters. The fourth-order valence-electron chi connectivity index (χ4n) is 5.50. The number of ether oxygens (including phenoxy) is 1. The molecule has 3 heterocycles. The SMILES string of the molecule is COc1ccc(-c2cnc3c(Nc4ccc(C(=O)N5CCC(C(=O)NC[C@H](O)[C@@H](O)[C@H](O)[C@H](O)CO)CC5)c(Cl)c4)nccn23)cc1F. The van der Waals surface area contributed by atoms with Gasteiger partial charge in [-0.15, -0.1) is 0 Å². The Balaban J connectivity index is 1.18. The van der Waals surface area contributed by atoms with E-state index in [0.717, 1.165) is 0 Å². The molecule has 4 atom stereocenters. The van der Waals surface area contributed by atoms with Gasteiger partial charge in [0.2, 0.25) is 5.91 Å². The van der Waals surface area contributed by atoms with Crippen LogP contribution in [0.25, 0.3) is 16.9 Å². The number of rotatable bonds is 12. The Morgan fingerprint density at radius 2 is 1.79 bits per heavy atom. The molecule has 4 aromatic rings. The number of anilines is 2. The van der Waals surface area contributed by atoms with Gasteiger partial charge >= 0.3 is 0 Å². The highest BCUT2D eigenvalue weighted by molar-refractivity contribution is 6.34. The van der Waals surface area contributed by atoms with Crippen molar-refractivity contribution < 1.29 is 44.2 Å². The van der Waals surface area contributed by atoms with E-state index in [-0.39, 0.29) is 47.8 Å². The lowest BCUT2D eigenvalue weighted by Crippen LogP contribution is -2.50. The third kappa shape index (κ3) is 7.51. The van der Waals surface area contributed by atoms with E-state index in [9.17, 15) is 34.4 Å². The maximum atomic E-state index is 14.4. The molecule has 16 heteroatoms. The van der Waals surface area contributed by atoms with Crippen molar-refractivity contribution in [3.8, 4) is 17.0 Å². The van der Waals surface area contributed by atoms with Crippen molar-refractivity contribution in [1.82, 2.24) is 24.6 Å². The van der Waals surface area contributed by atoms with Crippen molar-refractivity contribution in [2.75, 3.05) is 38.7 Å². The first-order valence-corrected chi connectivity index (χ1v) is 15.5. The molecule has 48 heavy (non-hydrogen) atoms. The molecule has 2 aromatic carbocycles. The van der Waals surface area contributed by atoms with Gasteiger partial charge in [0.1, 0.15) is 18.3 Å². The van der Waals surface area contributed by atoms with Crippen molar-refractivity contribution in [2.45, 2.75) is 37.3 Å². The number of nitrogens with one attached hydrogen (secondary N) is 2. The number of hydrogen-bond acceptors (Lipinski definition) is 11. The average Bonchev–Trinajstić information content (AvgIpc) is 3.54. The molecule has 1 saturated heterocycles. The van der Waals surface area contributed by atoms with E-state index >= 15 is 0 Å². The normalized spacial score (nSPS) is 16.3. The van der Waals surface area contributed by atoms with Gasteiger partial charge in [0.25, 0.3) is 5.91 Å². The lowest BCUT2D eigenvalue weighted by Gasteiger charge is -2.32. The molecule has 0 aliphatic carbocycles. The van der Waals surface area contributed by atoms with Gasteiger partial charge in [-0.2, -0.15) is 0 Å². The Labute approximate surface area is 279 Å². The highest BCUT2D eigenvalue weighted by Crippen LogP contribution is 2.30. The molecule has 256 valence electrons. The number of aliphatic hydroxyl groups excluding tert-OH is 5. The third-order valence-electron chi connectivity index (χ3n) is 8.30. The molecule has 2 amide bonds. The molecule has 2 aromatic heterocycles. The maximum Gasteiger partial charge on any atom is 0.255 e. The predicted octanol–water partition coefficient (Wildman–Crippen LogP) is 1.35. The van der Waals surface area contributed by atoms with E-state index in [1.807, 2.05) is 0 Å². The molecule has 7 N–H and O–H groups in total. The van der Waals surface area contributed by atoms with E-state index in [4.69, 9.17) is 21.4 Å². The van der Waals surface area contributed by atoms with E-state index < -0.39 is 42.8 Å². The first kappa shape index (κ1) is 34.9. The summed E-state index contributed by atoms with van der Waals surface area (Å²) in [6, 6.07) is 9.51. The lowest BCUT2D eigenvalue weighted by molar-refractivity contribution is -0.130. The summed E-state index contributed by atoms with van der Waals surface area (Å²) in [5, 5.41) is 53.9. The molecule has 5 rings (SSSR count). The number of hydrogen-bond donors (Lipinski definition) is 7. The van der Waals surface area contributed by atoms with Crippen molar-refractivity contribution >= 4 is 40.6 Å². The number of carbonyl (C=O) groups excluding carboxylic acids is 2. The van der Waals surface area contributed by atoms with Crippen molar-refractivity contribution in [1.29, 1.82) is 0 Å². The van der Waals surface area contributed by atoms with Crippen LogP contribution >= 0.6 is 11.6 Å². The molecule has 0 radical (unpaired) electrons. The molecule has 14 nitrogen and oxygen atoms in total. The fraction of sp³-hybridized carbons (Fsp3) is 0.375. The quantitative estimate of drug-likeness (QED) is 0.113. The van der Waals surface area contributed by atoms with E-state index in [2.05, 4.69) is 20.6 Å². The highest BCUT2D eigenvalue weighted by Gasteiger charge is 2.32. The number of amides is 2. The van der Waals surface area contributed by atoms with E-state index in [1.165, 1.54) is 13.2 Å². The standard InChI is InChI=1S/C32H36ClFN6O8/c1-48-26-5-2-18(12-22(26)34)23-14-36-30-29(35-8-11-40(23)30)38-19-3-4-20(21(33)13-19)32(47)39-9-6-17(7-10-39)31(46)37-15-24(42)27(44)28(45)25(43)16-41/h2-5,8,11-14,17,24-25,27-28,41-45H,6-7,9-10,15-16H2,1H3,(H,35,38)(H,37,46)/t24-,25+,27+,28+/m0/s1. The first-order valence-electron chi connectivity index (χ1n) is 15.1. The summed E-state index contributed by atoms with van der Waals surface area (Å²) in [6.45, 7) is -0.615. The minimum Gasteiger partial charge on any atom is -0.494 e. The second-order valence-corrected chi connectivity index (χ2v) is 11.8. The summed E-state index contributed by atoms with van der Waals surface area (Å²) in [5.41, 5.74) is 2.55. The van der Waals surface area contributed by atoms with Gasteiger partial charge in [0.15, 0.2) is 23.0 Å². The number of likely N-dealkylation sites (tertiary alicyclic amines) is 1. The summed E-state index contributed by atoms with van der Waals surface area (Å²) in [4.78, 5) is 36.4. The summed E-state index contributed by atoms with van der Waals surface area (Å²) < 4.78 is 21.1. The molecule has 1 aliphatic heterocycles. The second-order valence-electron chi connectivity index (χ2n) is 11.4. The van der Waals surface area contributed by atoms with Gasteiger partial charge in [-0.25, -0.2) is 14.4 Å². The van der Waals surface area contributed by atoms with E-state index in [1.54, 1.807) is 58.2 Å². The molecular formula is C32H36ClFN6O8. The number of imidazole rings is 1. The number of carbonyl (C=O) groups is 2. The maximum absolute atomic E-state index is 14.4. The highest BCUT2D eigenvalue weighted by atomic mass is 35.5. The Bertz CT molecular complexity index is 1770. The van der Waals surface area contributed by atoms with Crippen molar-refractivity contribution in [3.63, 3.8) is 0 Å². The molecule has 0 spiro atoms. The predicted molar refractivity (Wildman–Crippen MR) is 172 cm³/mol. The van der Waals surface area contributed by atoms with Gasteiger partial charge < -0.3 is 45.8 Å². The van der Waals surface area contributed by atoms with Crippen LogP contribution in [0.1, 0.15) is 23.2 Å². The largest absolute Gasteiger partial charge is 0.494 e. The molecule has 1 fully saturated rings. The summed E-state index contributed by atoms with van der Waals surface area (Å²) >= 11 is 6.55. The summed E-state index contributed by atoms with van der Waals surface area (Å²) in [7, 11) is 1.40. The van der Waals surface area contributed by atoms with Crippen LogP contribution in [-0.4, -0.2) is 114 Å². The van der Waals surface area contributed by atoms with Crippen LogP contribution in [-0.2, 0) is 4.79 Å². The van der Waals surface area contributed by atoms with Gasteiger partial charge in [-0.1, -0.05) is 11.6 Å². The fourth-order valence-corrected chi connectivity index (χ4v) is 5.76. The summed E-state index contributed by atoms with van der Waals surface area (Å²) in [6.07, 6.45) is -1.19. The zero-order valence-electron chi connectivity index (χ0n) is 25.8. The number of fused-ring (bicyclic) bond motifs is 1. The van der Waals surface area contributed by atoms with Crippen LogP contribution in [0.5, 0.6) is 5.75 Å². The van der Waals surface area contributed by atoms with Gasteiger partial charge in [-0.05, 0) is 49.2 Å². The van der Waals surface area contributed by atoms with E-state index in [0.29, 0.717) is 41.3 Å². The monoisotopic (exact) mass is 686 g/mol. The summed E-state index contributed by atoms with van der Waals surface area (Å²) in [5.74, 6) is -1.09. The molecular weight excluding hydrogens is 651 g/mol. The number of nitrogens with zero attached hydrogens (tertiary/aromatic N) is 4. The lowest BCUT2D eigenvalue weighted by atomic mass is 9.95. The zero-order chi connectivity index (χ0) is 34.5. The smallest absolute Gasteiger partial charge is 0.255 e. The van der Waals surface area contributed by atoms with Crippen molar-refractivity contribution in [2.24, 2.45) is 5.92 Å². The topological polar surface area (TPSA) is 202 Å². The Morgan fingerprint density at radius 1 is 1.06 bits per heavy atom. The van der Waals surface area contributed by atoms with Crippen LogP contribution in [0.3, 0.4) is 0 Å². The molecule has 0 bridgehead atoms. The minimum absolute atomic E-state index is 0.134. The van der Waals surface area contributed by atoms with Crippen molar-refractivity contribution in [3.05, 3.63) is 71.4 Å². The van der Waals surface area contributed by atoms with Gasteiger partial charge in [0, 0.05) is 49.2 Å². The van der Waals surface area contributed by atoms with Crippen LogP contribution in [0.2, 0.25) is 5.02 Å². The number of aliphatic hydroxyl groups is 5. The zero-order valence-corrected chi connectivity index (χ0v) is 26.6. The van der Waals surface area contributed by atoms with Crippen LogP contribution in [0.15, 0.2) is 55.0 Å². The van der Waals surface area contributed by atoms with Gasteiger partial charge in [-0.3, -0.25) is 14.0 Å². The van der Waals surface area contributed by atoms with Gasteiger partial charge in [0.05, 0.1) is 42.3 Å². The Kier molecular flexibility index (Phi) is 11.1. The molecule has 1 aliphatic rings. The van der Waals surface area contributed by atoms with Crippen LogP contribution in [0, 0.1) is 11.7 Å². The number of halogens is 2. The number of benzene rings is 2. The Hall–Kier alpha value is -4.38. The number of aromatic nitrogens is 3. The average molecular weight is 687 g/mol. The number of piperidine rings is 1. The number of methoxy groups -OCH3 is 1. The second kappa shape index (κ2) is 15.2. The van der Waals surface area contributed by atoms with Crippen LogP contribution < -0.4 is 15.4 Å². The van der Waals surface area contributed by atoms with Crippen LogP contribution in [0.4, 0.5) is 15.9 Å². The molecule has 0 saturated carbocycles.